The minimum atomic E-state index is -1.17. The van der Waals surface area contributed by atoms with Crippen LogP contribution in [-0.2, 0) is 11.3 Å². The summed E-state index contributed by atoms with van der Waals surface area (Å²) in [6.45, 7) is 5.82. The Kier molecular flexibility index (Phi) is 3.85. The molecule has 0 radical (unpaired) electrons. The van der Waals surface area contributed by atoms with Crippen LogP contribution in [0.2, 0.25) is 0 Å². The fraction of sp³-hybridized carbons (Fsp3) is 0.500. The van der Waals surface area contributed by atoms with E-state index in [1.54, 1.807) is 26.8 Å². The van der Waals surface area contributed by atoms with E-state index >= 15 is 0 Å². The van der Waals surface area contributed by atoms with E-state index in [1.807, 2.05) is 12.1 Å². The van der Waals surface area contributed by atoms with Gasteiger partial charge in [0.25, 0.3) is 0 Å². The summed E-state index contributed by atoms with van der Waals surface area (Å²) in [5.41, 5.74) is 0.907. The quantitative estimate of drug-likeness (QED) is 0.713. The lowest BCUT2D eigenvalue weighted by atomic mass is 9.99. The van der Waals surface area contributed by atoms with Gasteiger partial charge in [-0.15, -0.1) is 0 Å². The molecule has 0 aliphatic carbocycles. The summed E-state index contributed by atoms with van der Waals surface area (Å²) in [6.07, 6.45) is -1.64. The molecule has 0 aromatic heterocycles. The van der Waals surface area contributed by atoms with Crippen LogP contribution < -0.4 is 0 Å². The second-order valence-electron chi connectivity index (χ2n) is 5.67. The summed E-state index contributed by atoms with van der Waals surface area (Å²) in [5.74, 6) is 0. The molecular formula is C14H17BrFNO2. The van der Waals surface area contributed by atoms with Gasteiger partial charge in [-0.05, 0) is 44.0 Å². The smallest absolute Gasteiger partial charge is 0.410 e. The normalized spacial score (nSPS) is 19.0. The SMILES string of the molecule is CC(C)(C)OC(=O)N1Cc2ccc(Br)cc2C(F)C1. The largest absolute Gasteiger partial charge is 0.444 e. The van der Waals surface area contributed by atoms with Crippen LogP contribution in [-0.4, -0.2) is 23.1 Å². The number of carbonyl (C=O) groups is 1. The summed E-state index contributed by atoms with van der Waals surface area (Å²) in [5, 5.41) is 0. The molecule has 19 heavy (non-hydrogen) atoms. The highest BCUT2D eigenvalue weighted by Crippen LogP contribution is 2.32. The number of benzene rings is 1. The molecule has 1 aromatic rings. The van der Waals surface area contributed by atoms with E-state index in [9.17, 15) is 9.18 Å². The first-order chi connectivity index (χ1) is 8.76. The first-order valence-electron chi connectivity index (χ1n) is 6.16. The predicted molar refractivity (Wildman–Crippen MR) is 74.6 cm³/mol. The van der Waals surface area contributed by atoms with Crippen LogP contribution in [0.1, 0.15) is 38.1 Å². The summed E-state index contributed by atoms with van der Waals surface area (Å²) in [4.78, 5) is 13.4. The molecule has 104 valence electrons. The zero-order chi connectivity index (χ0) is 14.2. The zero-order valence-electron chi connectivity index (χ0n) is 11.2. The molecule has 1 amide bonds. The zero-order valence-corrected chi connectivity index (χ0v) is 12.8. The second kappa shape index (κ2) is 5.12. The van der Waals surface area contributed by atoms with Crippen LogP contribution in [0.25, 0.3) is 0 Å². The van der Waals surface area contributed by atoms with Gasteiger partial charge in [0, 0.05) is 11.0 Å². The third-order valence-electron chi connectivity index (χ3n) is 2.84. The van der Waals surface area contributed by atoms with Gasteiger partial charge in [-0.25, -0.2) is 9.18 Å². The van der Waals surface area contributed by atoms with Gasteiger partial charge in [0.05, 0.1) is 6.54 Å². The number of ether oxygens (including phenoxy) is 1. The first kappa shape index (κ1) is 14.3. The standard InChI is InChI=1S/C14H17BrFNO2/c1-14(2,3)19-13(18)17-7-9-4-5-10(15)6-11(9)12(16)8-17/h4-6,12H,7-8H2,1-3H3. The second-order valence-corrected chi connectivity index (χ2v) is 6.59. The number of amides is 1. The van der Waals surface area contributed by atoms with Crippen LogP contribution in [0.3, 0.4) is 0 Å². The maximum absolute atomic E-state index is 14.1. The average Bonchev–Trinajstić information content (AvgIpc) is 2.27. The van der Waals surface area contributed by atoms with Crippen molar-refractivity contribution in [3.8, 4) is 0 Å². The Bertz CT molecular complexity index is 499. The molecule has 0 fully saturated rings. The Labute approximate surface area is 120 Å². The fourth-order valence-corrected chi connectivity index (χ4v) is 2.41. The van der Waals surface area contributed by atoms with E-state index in [0.29, 0.717) is 12.1 Å². The highest BCUT2D eigenvalue weighted by Gasteiger charge is 2.30. The van der Waals surface area contributed by atoms with Crippen molar-refractivity contribution in [3.05, 3.63) is 33.8 Å². The number of halogens is 2. The molecule has 1 aliphatic rings. The summed E-state index contributed by atoms with van der Waals surface area (Å²) in [7, 11) is 0. The van der Waals surface area contributed by atoms with Gasteiger partial charge in [-0.1, -0.05) is 22.0 Å². The minimum absolute atomic E-state index is 0.0400. The van der Waals surface area contributed by atoms with Gasteiger partial charge in [0.1, 0.15) is 11.8 Å². The van der Waals surface area contributed by atoms with Crippen molar-refractivity contribution in [2.75, 3.05) is 6.54 Å². The van der Waals surface area contributed by atoms with E-state index in [-0.39, 0.29) is 6.54 Å². The van der Waals surface area contributed by atoms with Crippen molar-refractivity contribution >= 4 is 22.0 Å². The van der Waals surface area contributed by atoms with Crippen molar-refractivity contribution in [2.24, 2.45) is 0 Å². The number of fused-ring (bicyclic) bond motifs is 1. The van der Waals surface area contributed by atoms with Gasteiger partial charge >= 0.3 is 6.09 Å². The van der Waals surface area contributed by atoms with Gasteiger partial charge in [0.15, 0.2) is 0 Å². The van der Waals surface area contributed by atoms with Crippen LogP contribution >= 0.6 is 15.9 Å². The monoisotopic (exact) mass is 329 g/mol. The number of hydrogen-bond acceptors (Lipinski definition) is 2. The number of rotatable bonds is 0. The Morgan fingerprint density at radius 3 is 2.79 bits per heavy atom. The molecular weight excluding hydrogens is 313 g/mol. The lowest BCUT2D eigenvalue weighted by Gasteiger charge is -2.32. The van der Waals surface area contributed by atoms with Crippen LogP contribution in [0, 0.1) is 0 Å². The third-order valence-corrected chi connectivity index (χ3v) is 3.33. The van der Waals surface area contributed by atoms with Crippen molar-refractivity contribution < 1.29 is 13.9 Å². The molecule has 5 heteroatoms. The van der Waals surface area contributed by atoms with Crippen molar-refractivity contribution in [1.82, 2.24) is 4.90 Å². The molecule has 3 nitrogen and oxygen atoms in total. The van der Waals surface area contributed by atoms with Crippen LogP contribution in [0.5, 0.6) is 0 Å². The number of alkyl halides is 1. The van der Waals surface area contributed by atoms with Crippen molar-refractivity contribution in [2.45, 2.75) is 39.1 Å². The molecule has 0 saturated carbocycles. The molecule has 2 rings (SSSR count). The van der Waals surface area contributed by atoms with E-state index in [1.165, 1.54) is 4.90 Å². The lowest BCUT2D eigenvalue weighted by molar-refractivity contribution is 0.0159. The summed E-state index contributed by atoms with van der Waals surface area (Å²) < 4.78 is 20.3. The molecule has 1 aliphatic heterocycles. The first-order valence-corrected chi connectivity index (χ1v) is 6.96. The van der Waals surface area contributed by atoms with Gasteiger partial charge in [0.2, 0.25) is 0 Å². The molecule has 1 atom stereocenters. The molecule has 0 bridgehead atoms. The molecule has 0 saturated heterocycles. The van der Waals surface area contributed by atoms with Gasteiger partial charge < -0.3 is 9.64 Å². The van der Waals surface area contributed by atoms with Crippen molar-refractivity contribution in [3.63, 3.8) is 0 Å². The summed E-state index contributed by atoms with van der Waals surface area (Å²) >= 11 is 3.33. The topological polar surface area (TPSA) is 29.5 Å². The lowest BCUT2D eigenvalue weighted by Crippen LogP contribution is -2.40. The van der Waals surface area contributed by atoms with Crippen LogP contribution in [0.15, 0.2) is 22.7 Å². The van der Waals surface area contributed by atoms with E-state index in [0.717, 1.165) is 10.0 Å². The molecule has 0 N–H and O–H groups in total. The molecule has 1 heterocycles. The maximum Gasteiger partial charge on any atom is 0.410 e. The third kappa shape index (κ3) is 3.47. The average molecular weight is 330 g/mol. The van der Waals surface area contributed by atoms with E-state index in [2.05, 4.69) is 15.9 Å². The Hall–Kier alpha value is -1.10. The molecule has 0 spiro atoms. The number of carbonyl (C=O) groups excluding carboxylic acids is 1. The van der Waals surface area contributed by atoms with Gasteiger partial charge in [-0.3, -0.25) is 0 Å². The van der Waals surface area contributed by atoms with E-state index < -0.39 is 17.9 Å². The van der Waals surface area contributed by atoms with Crippen LogP contribution in [0.4, 0.5) is 9.18 Å². The Morgan fingerprint density at radius 2 is 2.16 bits per heavy atom. The number of nitrogens with zero attached hydrogens (tertiary/aromatic N) is 1. The predicted octanol–water partition coefficient (Wildman–Crippen LogP) is 4.21. The molecule has 1 unspecified atom stereocenters. The van der Waals surface area contributed by atoms with Gasteiger partial charge in [-0.2, -0.15) is 0 Å². The maximum atomic E-state index is 14.1. The highest BCUT2D eigenvalue weighted by atomic mass is 79.9. The highest BCUT2D eigenvalue weighted by molar-refractivity contribution is 9.10. The Morgan fingerprint density at radius 1 is 1.47 bits per heavy atom. The fourth-order valence-electron chi connectivity index (χ4n) is 2.03. The molecule has 1 aromatic carbocycles. The van der Waals surface area contributed by atoms with E-state index in [4.69, 9.17) is 4.74 Å². The summed E-state index contributed by atoms with van der Waals surface area (Å²) in [6, 6.07) is 5.46. The minimum Gasteiger partial charge on any atom is -0.444 e. The Balaban J connectivity index is 2.17. The van der Waals surface area contributed by atoms with Crippen molar-refractivity contribution in [1.29, 1.82) is 0 Å². The number of hydrogen-bond donors (Lipinski definition) is 0.